The number of rotatable bonds is 8. The summed E-state index contributed by atoms with van der Waals surface area (Å²) in [6.07, 6.45) is 4.66. The zero-order valence-corrected chi connectivity index (χ0v) is 21.1. The van der Waals surface area contributed by atoms with Crippen LogP contribution in [0.4, 0.5) is 5.69 Å². The Morgan fingerprint density at radius 2 is 1.42 bits per heavy atom. The second-order valence-corrected chi connectivity index (χ2v) is 8.42. The van der Waals surface area contributed by atoms with Gasteiger partial charge in [-0.05, 0) is 64.0 Å². The number of carbonyl (C=O) groups excluding carboxylic acids is 1. The van der Waals surface area contributed by atoms with Gasteiger partial charge in [-0.15, -0.1) is 0 Å². The quantitative estimate of drug-likeness (QED) is 0.269. The number of anilines is 1. The summed E-state index contributed by atoms with van der Waals surface area (Å²) in [5, 5.41) is 36.0. The lowest BCUT2D eigenvalue weighted by atomic mass is 10.1. The van der Waals surface area contributed by atoms with Crippen molar-refractivity contribution in [3.05, 3.63) is 54.0 Å². The fourth-order valence-electron chi connectivity index (χ4n) is 3.46. The van der Waals surface area contributed by atoms with Gasteiger partial charge in [0.1, 0.15) is 5.76 Å². The normalized spacial score (nSPS) is 14.1. The molecule has 13 nitrogen and oxygen atoms in total. The van der Waals surface area contributed by atoms with Crippen molar-refractivity contribution >= 4 is 35.5 Å². The van der Waals surface area contributed by atoms with Crippen LogP contribution >= 0.6 is 0 Å². The van der Waals surface area contributed by atoms with E-state index in [4.69, 9.17) is 44.0 Å². The number of hydrogen-bond donors (Lipinski definition) is 6. The molecule has 1 aliphatic heterocycles. The van der Waals surface area contributed by atoms with Gasteiger partial charge in [-0.1, -0.05) is 17.7 Å². The van der Waals surface area contributed by atoms with Gasteiger partial charge in [0.05, 0.1) is 12.3 Å². The maximum Gasteiger partial charge on any atom is 0.414 e. The number of nitrogens with zero attached hydrogens (tertiary/aromatic N) is 1. The van der Waals surface area contributed by atoms with Crippen LogP contribution in [0.15, 0.2) is 47.1 Å². The summed E-state index contributed by atoms with van der Waals surface area (Å²) < 4.78 is 5.65. The number of amides is 1. The summed E-state index contributed by atoms with van der Waals surface area (Å²) >= 11 is 0. The molecular formula is C25H33N3O10. The van der Waals surface area contributed by atoms with Gasteiger partial charge in [0.15, 0.2) is 0 Å². The molecule has 38 heavy (non-hydrogen) atoms. The number of likely N-dealkylation sites (tertiary alicyclic amines) is 1. The van der Waals surface area contributed by atoms with Crippen molar-refractivity contribution in [2.24, 2.45) is 0 Å². The van der Waals surface area contributed by atoms with Crippen LogP contribution < -0.4 is 10.6 Å². The van der Waals surface area contributed by atoms with Crippen LogP contribution in [-0.4, -0.2) is 80.8 Å². The van der Waals surface area contributed by atoms with E-state index in [2.05, 4.69) is 22.5 Å². The fraction of sp³-hybridized carbons (Fsp3) is 0.400. The third kappa shape index (κ3) is 12.6. The van der Waals surface area contributed by atoms with Crippen molar-refractivity contribution in [2.45, 2.75) is 45.2 Å². The number of aliphatic carboxylic acids is 4. The summed E-state index contributed by atoms with van der Waals surface area (Å²) in [6.45, 7) is 7.09. The molecule has 2 heterocycles. The van der Waals surface area contributed by atoms with Gasteiger partial charge in [-0.3, -0.25) is 9.69 Å². The largest absolute Gasteiger partial charge is 0.473 e. The zero-order valence-electron chi connectivity index (χ0n) is 21.1. The van der Waals surface area contributed by atoms with Crippen LogP contribution in [0.5, 0.6) is 0 Å². The van der Waals surface area contributed by atoms with E-state index >= 15 is 0 Å². The Morgan fingerprint density at radius 1 is 0.895 bits per heavy atom. The van der Waals surface area contributed by atoms with E-state index in [0.29, 0.717) is 6.42 Å². The van der Waals surface area contributed by atoms with Crippen LogP contribution in [0.1, 0.15) is 43.6 Å². The first-order valence-corrected chi connectivity index (χ1v) is 11.7. The lowest BCUT2D eigenvalue weighted by Crippen LogP contribution is -2.39. The molecule has 2 atom stereocenters. The van der Waals surface area contributed by atoms with Crippen molar-refractivity contribution < 1.29 is 48.8 Å². The second-order valence-electron chi connectivity index (χ2n) is 8.42. The summed E-state index contributed by atoms with van der Waals surface area (Å²) in [4.78, 5) is 51.1. The second kappa shape index (κ2) is 16.5. The van der Waals surface area contributed by atoms with E-state index in [1.807, 2.05) is 43.3 Å². The number of aryl methyl sites for hydroxylation is 1. The number of hydrogen-bond acceptors (Lipinski definition) is 8. The molecule has 1 amide bonds. The Balaban J connectivity index is 0.000000503. The number of benzene rings is 1. The summed E-state index contributed by atoms with van der Waals surface area (Å²) in [5.41, 5.74) is 2.03. The average Bonchev–Trinajstić information content (AvgIpc) is 3.57. The maximum absolute atomic E-state index is 12.3. The Hall–Kier alpha value is -4.23. The Labute approximate surface area is 219 Å². The van der Waals surface area contributed by atoms with E-state index in [9.17, 15) is 4.79 Å². The van der Waals surface area contributed by atoms with Crippen molar-refractivity contribution in [1.82, 2.24) is 10.2 Å². The zero-order chi connectivity index (χ0) is 28.7. The van der Waals surface area contributed by atoms with Crippen LogP contribution in [0.2, 0.25) is 0 Å². The summed E-state index contributed by atoms with van der Waals surface area (Å²) in [6, 6.07) is 12.2. The van der Waals surface area contributed by atoms with Crippen molar-refractivity contribution in [2.75, 3.05) is 25.0 Å². The van der Waals surface area contributed by atoms with Gasteiger partial charge in [0.2, 0.25) is 5.91 Å². The lowest BCUT2D eigenvalue weighted by molar-refractivity contribution is -0.159. The molecular weight excluding hydrogens is 502 g/mol. The molecule has 0 bridgehead atoms. The minimum atomic E-state index is -1.82. The SMILES string of the molecule is Cc1ccc(NC(=O)CC(C)NCC(c2ccco2)N2CCCC2)cc1.O=C(O)C(=O)O.O=C(O)C(=O)O. The number of furan rings is 1. The van der Waals surface area contributed by atoms with Crippen LogP contribution in [0.3, 0.4) is 0 Å². The van der Waals surface area contributed by atoms with E-state index in [1.54, 1.807) is 6.26 Å². The van der Waals surface area contributed by atoms with Crippen LogP contribution in [-0.2, 0) is 24.0 Å². The third-order valence-electron chi connectivity index (χ3n) is 5.31. The molecule has 1 fully saturated rings. The maximum atomic E-state index is 12.3. The van der Waals surface area contributed by atoms with Gasteiger partial charge in [0.25, 0.3) is 0 Å². The van der Waals surface area contributed by atoms with E-state index in [0.717, 1.165) is 31.1 Å². The van der Waals surface area contributed by atoms with Crippen LogP contribution in [0, 0.1) is 6.92 Å². The highest BCUT2D eigenvalue weighted by Crippen LogP contribution is 2.25. The molecule has 3 rings (SSSR count). The molecule has 0 aliphatic carbocycles. The van der Waals surface area contributed by atoms with Gasteiger partial charge >= 0.3 is 23.9 Å². The van der Waals surface area contributed by atoms with E-state index in [1.165, 1.54) is 18.4 Å². The fourth-order valence-corrected chi connectivity index (χ4v) is 3.46. The predicted molar refractivity (Wildman–Crippen MR) is 135 cm³/mol. The van der Waals surface area contributed by atoms with Gasteiger partial charge in [-0.25, -0.2) is 19.2 Å². The molecule has 1 aromatic heterocycles. The molecule has 2 aromatic rings. The highest BCUT2D eigenvalue weighted by atomic mass is 16.4. The molecule has 0 spiro atoms. The molecule has 1 saturated heterocycles. The minimum Gasteiger partial charge on any atom is -0.473 e. The monoisotopic (exact) mass is 535 g/mol. The minimum absolute atomic E-state index is 0.0320. The number of carbonyl (C=O) groups is 5. The van der Waals surface area contributed by atoms with Crippen molar-refractivity contribution in [1.29, 1.82) is 0 Å². The first kappa shape index (κ1) is 31.8. The number of nitrogens with one attached hydrogen (secondary N) is 2. The topological polar surface area (TPSA) is 207 Å². The van der Waals surface area contributed by atoms with Gasteiger partial charge in [0, 0.05) is 24.7 Å². The number of carboxylic acids is 4. The van der Waals surface area contributed by atoms with Gasteiger partial charge < -0.3 is 35.5 Å². The van der Waals surface area contributed by atoms with E-state index in [-0.39, 0.29) is 18.0 Å². The molecule has 1 aromatic carbocycles. The molecule has 13 heteroatoms. The molecule has 2 unspecified atom stereocenters. The Kier molecular flexibility index (Phi) is 13.8. The Morgan fingerprint density at radius 3 is 1.87 bits per heavy atom. The van der Waals surface area contributed by atoms with Gasteiger partial charge in [-0.2, -0.15) is 0 Å². The number of carboxylic acid groups (broad SMARTS) is 4. The highest BCUT2D eigenvalue weighted by Gasteiger charge is 2.26. The molecule has 208 valence electrons. The first-order valence-electron chi connectivity index (χ1n) is 11.7. The predicted octanol–water partition coefficient (Wildman–Crippen LogP) is 2.04. The summed E-state index contributed by atoms with van der Waals surface area (Å²) in [5.74, 6) is -6.27. The molecule has 6 N–H and O–H groups in total. The third-order valence-corrected chi connectivity index (χ3v) is 5.31. The molecule has 1 aliphatic rings. The van der Waals surface area contributed by atoms with E-state index < -0.39 is 23.9 Å². The lowest BCUT2D eigenvalue weighted by Gasteiger charge is -2.27. The van der Waals surface area contributed by atoms with Crippen molar-refractivity contribution in [3.63, 3.8) is 0 Å². The molecule has 0 saturated carbocycles. The average molecular weight is 536 g/mol. The van der Waals surface area contributed by atoms with Crippen molar-refractivity contribution in [3.8, 4) is 0 Å². The smallest absolute Gasteiger partial charge is 0.414 e. The summed E-state index contributed by atoms with van der Waals surface area (Å²) in [7, 11) is 0. The first-order chi connectivity index (χ1) is 17.9. The molecule has 0 radical (unpaired) electrons. The standard InChI is InChI=1S/C21H29N3O2.2C2H2O4/c1-16-7-9-18(10-8-16)23-21(25)14-17(2)22-15-19(20-6-5-13-26-20)24-11-3-4-12-24;2*3-1(4)2(5)6/h5-10,13,17,19,22H,3-4,11-12,14-15H2,1-2H3,(H,23,25);2*(H,3,4)(H,5,6). The highest BCUT2D eigenvalue weighted by molar-refractivity contribution is 6.27. The van der Waals surface area contributed by atoms with Crippen LogP contribution in [0.25, 0.3) is 0 Å². The Bertz CT molecular complexity index is 1000.